The van der Waals surface area contributed by atoms with Gasteiger partial charge in [0.1, 0.15) is 10.6 Å². The number of hydrogen-bond donors (Lipinski definition) is 2. The van der Waals surface area contributed by atoms with Crippen molar-refractivity contribution in [2.45, 2.75) is 24.4 Å². The molecule has 3 amide bonds. The Bertz CT molecular complexity index is 520. The van der Waals surface area contributed by atoms with Crippen molar-refractivity contribution in [2.75, 3.05) is 18.0 Å². The summed E-state index contributed by atoms with van der Waals surface area (Å²) >= 11 is 1.37. The molecule has 0 atom stereocenters. The highest BCUT2D eigenvalue weighted by Crippen LogP contribution is 2.21. The van der Waals surface area contributed by atoms with E-state index in [4.69, 9.17) is 5.73 Å². The standard InChI is InChI=1S/C11H15N5O2S/c1-11(2)9(17)16(10(18)15-11)5-6-19-8-7(12)13-3-4-14-8/h3-4H,5-6H2,1-2H3,(H2,12,13)(H,15,18). The summed E-state index contributed by atoms with van der Waals surface area (Å²) in [4.78, 5) is 32.8. The average molecular weight is 281 g/mol. The first-order valence-electron chi connectivity index (χ1n) is 5.75. The van der Waals surface area contributed by atoms with E-state index in [0.717, 1.165) is 0 Å². The number of rotatable bonds is 4. The Morgan fingerprint density at radius 2 is 2.05 bits per heavy atom. The molecule has 102 valence electrons. The zero-order chi connectivity index (χ0) is 14.0. The first-order chi connectivity index (χ1) is 8.92. The van der Waals surface area contributed by atoms with Gasteiger partial charge in [-0.05, 0) is 13.8 Å². The Labute approximate surface area is 115 Å². The number of nitrogens with one attached hydrogen (secondary N) is 1. The van der Waals surface area contributed by atoms with Gasteiger partial charge < -0.3 is 11.1 Å². The number of nitrogen functional groups attached to an aromatic ring is 1. The van der Waals surface area contributed by atoms with E-state index in [1.54, 1.807) is 20.0 Å². The van der Waals surface area contributed by atoms with Crippen molar-refractivity contribution in [1.82, 2.24) is 20.2 Å². The molecule has 0 spiro atoms. The van der Waals surface area contributed by atoms with Crippen LogP contribution in [0.15, 0.2) is 17.4 Å². The third-order valence-electron chi connectivity index (χ3n) is 2.69. The van der Waals surface area contributed by atoms with Crippen LogP contribution in [0.3, 0.4) is 0 Å². The number of anilines is 1. The molecule has 1 aliphatic heterocycles. The summed E-state index contributed by atoms with van der Waals surface area (Å²) in [5.74, 6) is 0.660. The maximum atomic E-state index is 11.9. The summed E-state index contributed by atoms with van der Waals surface area (Å²) in [6, 6.07) is -0.359. The summed E-state index contributed by atoms with van der Waals surface area (Å²) < 4.78 is 0. The molecule has 2 heterocycles. The molecule has 2 rings (SSSR count). The lowest BCUT2D eigenvalue weighted by atomic mass is 10.1. The molecular weight excluding hydrogens is 266 g/mol. The van der Waals surface area contributed by atoms with Crippen LogP contribution in [0.4, 0.5) is 10.6 Å². The third-order valence-corrected chi connectivity index (χ3v) is 3.66. The van der Waals surface area contributed by atoms with Crippen LogP contribution in [0, 0.1) is 0 Å². The van der Waals surface area contributed by atoms with Gasteiger partial charge in [0, 0.05) is 24.7 Å². The highest BCUT2D eigenvalue weighted by Gasteiger charge is 2.43. The lowest BCUT2D eigenvalue weighted by Gasteiger charge is -2.15. The van der Waals surface area contributed by atoms with E-state index in [0.29, 0.717) is 23.1 Å². The Morgan fingerprint density at radius 3 is 2.63 bits per heavy atom. The molecule has 7 nitrogen and oxygen atoms in total. The number of nitrogens with two attached hydrogens (primary N) is 1. The zero-order valence-corrected chi connectivity index (χ0v) is 11.5. The van der Waals surface area contributed by atoms with E-state index in [-0.39, 0.29) is 11.9 Å². The largest absolute Gasteiger partial charge is 0.381 e. The minimum absolute atomic E-state index is 0.217. The minimum Gasteiger partial charge on any atom is -0.381 e. The van der Waals surface area contributed by atoms with Gasteiger partial charge in [0.15, 0.2) is 5.82 Å². The molecule has 0 radical (unpaired) electrons. The van der Waals surface area contributed by atoms with Gasteiger partial charge in [0.25, 0.3) is 5.91 Å². The van der Waals surface area contributed by atoms with Crippen molar-refractivity contribution < 1.29 is 9.59 Å². The zero-order valence-electron chi connectivity index (χ0n) is 10.7. The SMILES string of the molecule is CC1(C)NC(=O)N(CCSc2nccnc2N)C1=O. The molecule has 3 N–H and O–H groups in total. The van der Waals surface area contributed by atoms with Crippen LogP contribution in [0.2, 0.25) is 0 Å². The van der Waals surface area contributed by atoms with Crippen LogP contribution in [0.5, 0.6) is 0 Å². The Balaban J connectivity index is 1.92. The summed E-state index contributed by atoms with van der Waals surface area (Å²) in [5, 5.41) is 3.23. The fourth-order valence-corrected chi connectivity index (χ4v) is 2.51. The molecule has 0 bridgehead atoms. The molecule has 0 unspecified atom stereocenters. The van der Waals surface area contributed by atoms with Crippen molar-refractivity contribution >= 4 is 29.5 Å². The van der Waals surface area contributed by atoms with Crippen LogP contribution in [-0.4, -0.2) is 44.6 Å². The molecule has 1 saturated heterocycles. The normalized spacial score (nSPS) is 17.7. The Kier molecular flexibility index (Phi) is 3.61. The lowest BCUT2D eigenvalue weighted by Crippen LogP contribution is -2.40. The van der Waals surface area contributed by atoms with E-state index < -0.39 is 5.54 Å². The van der Waals surface area contributed by atoms with E-state index in [9.17, 15) is 9.59 Å². The summed E-state index contributed by atoms with van der Waals surface area (Å²) in [5.41, 5.74) is 4.83. The van der Waals surface area contributed by atoms with Gasteiger partial charge in [-0.3, -0.25) is 9.69 Å². The number of carbonyl (C=O) groups excluding carboxylic acids is 2. The molecule has 19 heavy (non-hydrogen) atoms. The predicted molar refractivity (Wildman–Crippen MR) is 71.5 cm³/mol. The van der Waals surface area contributed by atoms with E-state index in [1.165, 1.54) is 22.9 Å². The van der Waals surface area contributed by atoms with Crippen LogP contribution in [-0.2, 0) is 4.79 Å². The maximum Gasteiger partial charge on any atom is 0.325 e. The van der Waals surface area contributed by atoms with Gasteiger partial charge in [-0.15, -0.1) is 11.8 Å². The van der Waals surface area contributed by atoms with Gasteiger partial charge in [0.2, 0.25) is 0 Å². The van der Waals surface area contributed by atoms with E-state index >= 15 is 0 Å². The monoisotopic (exact) mass is 281 g/mol. The second kappa shape index (κ2) is 5.04. The molecule has 1 aromatic rings. The molecule has 0 saturated carbocycles. The third kappa shape index (κ3) is 2.78. The number of urea groups is 1. The van der Waals surface area contributed by atoms with Crippen LogP contribution >= 0.6 is 11.8 Å². The van der Waals surface area contributed by atoms with Crippen LogP contribution in [0.1, 0.15) is 13.8 Å². The van der Waals surface area contributed by atoms with Gasteiger partial charge in [-0.2, -0.15) is 0 Å². The fourth-order valence-electron chi connectivity index (χ4n) is 1.70. The summed E-state index contributed by atoms with van der Waals surface area (Å²) in [7, 11) is 0. The van der Waals surface area contributed by atoms with Gasteiger partial charge in [-0.1, -0.05) is 0 Å². The first kappa shape index (κ1) is 13.6. The molecule has 1 aromatic heterocycles. The quantitative estimate of drug-likeness (QED) is 0.615. The molecular formula is C11H15N5O2S. The van der Waals surface area contributed by atoms with Crippen molar-refractivity contribution in [2.24, 2.45) is 0 Å². The fraction of sp³-hybridized carbons (Fsp3) is 0.455. The predicted octanol–water partition coefficient (Wildman–Crippen LogP) is 0.481. The first-order valence-corrected chi connectivity index (χ1v) is 6.74. The number of carbonyl (C=O) groups is 2. The van der Waals surface area contributed by atoms with Crippen molar-refractivity contribution in [3.63, 3.8) is 0 Å². The second-order valence-electron chi connectivity index (χ2n) is 4.61. The van der Waals surface area contributed by atoms with Crippen LogP contribution < -0.4 is 11.1 Å². The number of nitrogens with zero attached hydrogens (tertiary/aromatic N) is 3. The number of aromatic nitrogens is 2. The summed E-state index contributed by atoms with van der Waals surface area (Å²) in [6.45, 7) is 3.68. The number of thioether (sulfide) groups is 1. The molecule has 0 aliphatic carbocycles. The Morgan fingerprint density at radius 1 is 1.37 bits per heavy atom. The topological polar surface area (TPSA) is 101 Å². The Hall–Kier alpha value is -1.83. The number of hydrogen-bond acceptors (Lipinski definition) is 6. The van der Waals surface area contributed by atoms with Gasteiger partial charge >= 0.3 is 6.03 Å². The van der Waals surface area contributed by atoms with Crippen molar-refractivity contribution in [3.8, 4) is 0 Å². The highest BCUT2D eigenvalue weighted by molar-refractivity contribution is 7.99. The van der Waals surface area contributed by atoms with E-state index in [2.05, 4.69) is 15.3 Å². The highest BCUT2D eigenvalue weighted by atomic mass is 32.2. The average Bonchev–Trinajstić information content (AvgIpc) is 2.53. The lowest BCUT2D eigenvalue weighted by molar-refractivity contribution is -0.130. The van der Waals surface area contributed by atoms with Gasteiger partial charge in [-0.25, -0.2) is 14.8 Å². The van der Waals surface area contributed by atoms with Crippen LogP contribution in [0.25, 0.3) is 0 Å². The molecule has 0 aromatic carbocycles. The summed E-state index contributed by atoms with van der Waals surface area (Å²) in [6.07, 6.45) is 3.06. The van der Waals surface area contributed by atoms with Gasteiger partial charge in [0.05, 0.1) is 0 Å². The second-order valence-corrected chi connectivity index (χ2v) is 5.69. The van der Waals surface area contributed by atoms with Crippen molar-refractivity contribution in [1.29, 1.82) is 0 Å². The van der Waals surface area contributed by atoms with Crippen molar-refractivity contribution in [3.05, 3.63) is 12.4 Å². The molecule has 1 aliphatic rings. The molecule has 8 heteroatoms. The minimum atomic E-state index is -0.826. The number of imide groups is 1. The maximum absolute atomic E-state index is 11.9. The molecule has 1 fully saturated rings. The van der Waals surface area contributed by atoms with E-state index in [1.807, 2.05) is 0 Å². The number of amides is 3. The smallest absolute Gasteiger partial charge is 0.325 e.